The van der Waals surface area contributed by atoms with Crippen molar-refractivity contribution in [1.82, 2.24) is 0 Å². The highest BCUT2D eigenvalue weighted by Crippen LogP contribution is 2.39. The predicted molar refractivity (Wildman–Crippen MR) is 90.9 cm³/mol. The Morgan fingerprint density at radius 2 is 1.50 bits per heavy atom. The Morgan fingerprint density at radius 1 is 0.818 bits per heavy atom. The molecule has 0 heterocycles. The van der Waals surface area contributed by atoms with Gasteiger partial charge in [0, 0.05) is 0 Å². The van der Waals surface area contributed by atoms with Crippen LogP contribution < -0.4 is 0 Å². The fraction of sp³-hybridized carbons (Fsp3) is 0.200. The topological polar surface area (TPSA) is 40.5 Å². The van der Waals surface area contributed by atoms with Crippen LogP contribution in [0.15, 0.2) is 42.5 Å². The minimum Gasteiger partial charge on any atom is -0.386 e. The van der Waals surface area contributed by atoms with Crippen LogP contribution in [0.2, 0.25) is 0 Å². The van der Waals surface area contributed by atoms with E-state index in [-0.39, 0.29) is 0 Å². The summed E-state index contributed by atoms with van der Waals surface area (Å²) in [5.41, 5.74) is 4.32. The molecule has 0 spiro atoms. The van der Waals surface area contributed by atoms with Gasteiger partial charge in [-0.1, -0.05) is 48.6 Å². The van der Waals surface area contributed by atoms with Crippen molar-refractivity contribution in [1.29, 1.82) is 0 Å². The molecule has 0 saturated carbocycles. The largest absolute Gasteiger partial charge is 0.386 e. The van der Waals surface area contributed by atoms with Crippen LogP contribution in [0.5, 0.6) is 0 Å². The maximum Gasteiger partial charge on any atom is 0.109 e. The Labute approximate surface area is 129 Å². The molecule has 0 fully saturated rings. The number of hydrogen-bond acceptors (Lipinski definition) is 2. The summed E-state index contributed by atoms with van der Waals surface area (Å²) >= 11 is 0. The van der Waals surface area contributed by atoms with Crippen molar-refractivity contribution in [3.63, 3.8) is 0 Å². The van der Waals surface area contributed by atoms with E-state index in [1.165, 1.54) is 32.7 Å². The van der Waals surface area contributed by atoms with Crippen LogP contribution in [-0.2, 0) is 0 Å². The zero-order valence-electron chi connectivity index (χ0n) is 12.7. The van der Waals surface area contributed by atoms with Gasteiger partial charge in [0.25, 0.3) is 0 Å². The van der Waals surface area contributed by atoms with Gasteiger partial charge in [0.1, 0.15) is 12.2 Å². The average Bonchev–Trinajstić information content (AvgIpc) is 2.55. The highest BCUT2D eigenvalue weighted by atomic mass is 16.3. The van der Waals surface area contributed by atoms with Crippen molar-refractivity contribution < 1.29 is 10.2 Å². The molecule has 1 aliphatic rings. The van der Waals surface area contributed by atoms with Gasteiger partial charge in [-0.15, -0.1) is 0 Å². The Hall–Kier alpha value is -2.16. The number of hydrogen-bond donors (Lipinski definition) is 2. The number of aliphatic hydroxyl groups is 2. The van der Waals surface area contributed by atoms with Crippen molar-refractivity contribution in [3.8, 4) is 0 Å². The molecule has 2 nitrogen and oxygen atoms in total. The van der Waals surface area contributed by atoms with E-state index >= 15 is 0 Å². The minimum atomic E-state index is -0.851. The molecule has 3 aromatic rings. The lowest BCUT2D eigenvalue weighted by Gasteiger charge is -2.24. The predicted octanol–water partition coefficient (Wildman–Crippen LogP) is 4.03. The van der Waals surface area contributed by atoms with Crippen LogP contribution in [0, 0.1) is 13.8 Å². The lowest BCUT2D eigenvalue weighted by molar-refractivity contribution is 0.0471. The maximum absolute atomic E-state index is 10.3. The standard InChI is InChI=1S/C20H18O2/c1-11-13-5-3-4-6-14(13)12(2)19-15(11)7-8-17-16(19)9-10-18(21)20(17)22/h3-10,18,20-22H,1-2H3. The second-order valence-corrected chi connectivity index (χ2v) is 6.08. The van der Waals surface area contributed by atoms with E-state index in [0.717, 1.165) is 11.1 Å². The summed E-state index contributed by atoms with van der Waals surface area (Å²) in [4.78, 5) is 0. The number of rotatable bonds is 0. The highest BCUT2D eigenvalue weighted by Gasteiger charge is 2.24. The second-order valence-electron chi connectivity index (χ2n) is 6.08. The summed E-state index contributed by atoms with van der Waals surface area (Å²) in [7, 11) is 0. The summed E-state index contributed by atoms with van der Waals surface area (Å²) in [6.07, 6.45) is 1.94. The number of aryl methyl sites for hydroxylation is 2. The van der Waals surface area contributed by atoms with E-state index < -0.39 is 12.2 Å². The third-order valence-electron chi connectivity index (χ3n) is 4.90. The fourth-order valence-electron chi connectivity index (χ4n) is 3.69. The first-order chi connectivity index (χ1) is 10.6. The van der Waals surface area contributed by atoms with Crippen molar-refractivity contribution >= 4 is 27.6 Å². The highest BCUT2D eigenvalue weighted by molar-refractivity contribution is 6.08. The molecule has 22 heavy (non-hydrogen) atoms. The van der Waals surface area contributed by atoms with Crippen LogP contribution >= 0.6 is 0 Å². The summed E-state index contributed by atoms with van der Waals surface area (Å²) in [5, 5.41) is 25.0. The number of benzene rings is 3. The van der Waals surface area contributed by atoms with Crippen LogP contribution in [0.1, 0.15) is 28.4 Å². The second kappa shape index (κ2) is 4.67. The lowest BCUT2D eigenvalue weighted by Crippen LogP contribution is -2.19. The molecule has 0 radical (unpaired) electrons. The summed E-state index contributed by atoms with van der Waals surface area (Å²) in [6, 6.07) is 12.4. The quantitative estimate of drug-likeness (QED) is 0.614. The molecular weight excluding hydrogens is 272 g/mol. The summed E-state index contributed by atoms with van der Waals surface area (Å²) < 4.78 is 0. The molecule has 0 amide bonds. The van der Waals surface area contributed by atoms with Crippen molar-refractivity contribution in [2.75, 3.05) is 0 Å². The lowest BCUT2D eigenvalue weighted by atomic mass is 9.84. The first-order valence-electron chi connectivity index (χ1n) is 7.58. The molecule has 0 bridgehead atoms. The molecule has 0 aliphatic heterocycles. The first kappa shape index (κ1) is 13.5. The van der Waals surface area contributed by atoms with Gasteiger partial charge in [0.15, 0.2) is 0 Å². The molecular formula is C20H18O2. The SMILES string of the molecule is Cc1c2ccccc2c(C)c2c3c(ccc12)C(O)C(O)C=C3. The average molecular weight is 290 g/mol. The molecule has 0 saturated heterocycles. The van der Waals surface area contributed by atoms with E-state index in [2.05, 4.69) is 44.2 Å². The molecule has 2 N–H and O–H groups in total. The van der Waals surface area contributed by atoms with Gasteiger partial charge in [-0.25, -0.2) is 0 Å². The van der Waals surface area contributed by atoms with E-state index in [0.29, 0.717) is 0 Å². The maximum atomic E-state index is 10.3. The fourth-order valence-corrected chi connectivity index (χ4v) is 3.69. The Balaban J connectivity index is 2.22. The van der Waals surface area contributed by atoms with Gasteiger partial charge in [-0.2, -0.15) is 0 Å². The Kier molecular flexibility index (Phi) is 2.86. The molecule has 2 unspecified atom stereocenters. The van der Waals surface area contributed by atoms with Gasteiger partial charge < -0.3 is 10.2 Å². The third kappa shape index (κ3) is 1.68. The smallest absolute Gasteiger partial charge is 0.109 e. The molecule has 110 valence electrons. The van der Waals surface area contributed by atoms with Gasteiger partial charge in [0.05, 0.1) is 0 Å². The Bertz CT molecular complexity index is 937. The van der Waals surface area contributed by atoms with Crippen molar-refractivity contribution in [2.24, 2.45) is 0 Å². The van der Waals surface area contributed by atoms with Crippen LogP contribution in [-0.4, -0.2) is 16.3 Å². The normalized spacial score (nSPS) is 20.5. The summed E-state index contributed by atoms with van der Waals surface area (Å²) in [6.45, 7) is 4.28. The van der Waals surface area contributed by atoms with Gasteiger partial charge in [-0.05, 0) is 57.6 Å². The van der Waals surface area contributed by atoms with E-state index in [1.807, 2.05) is 12.1 Å². The van der Waals surface area contributed by atoms with Gasteiger partial charge in [0.2, 0.25) is 0 Å². The zero-order valence-corrected chi connectivity index (χ0v) is 12.7. The molecule has 2 heteroatoms. The molecule has 4 rings (SSSR count). The van der Waals surface area contributed by atoms with Gasteiger partial charge >= 0.3 is 0 Å². The molecule has 1 aliphatic carbocycles. The first-order valence-corrected chi connectivity index (χ1v) is 7.58. The Morgan fingerprint density at radius 3 is 2.23 bits per heavy atom. The van der Waals surface area contributed by atoms with Crippen LogP contribution in [0.3, 0.4) is 0 Å². The monoisotopic (exact) mass is 290 g/mol. The number of aliphatic hydroxyl groups excluding tert-OH is 2. The number of fused-ring (bicyclic) bond motifs is 4. The van der Waals surface area contributed by atoms with E-state index in [4.69, 9.17) is 0 Å². The van der Waals surface area contributed by atoms with Crippen molar-refractivity contribution in [2.45, 2.75) is 26.1 Å². The molecule has 2 atom stereocenters. The third-order valence-corrected chi connectivity index (χ3v) is 4.90. The molecule has 0 aromatic heterocycles. The molecule has 3 aromatic carbocycles. The summed E-state index contributed by atoms with van der Waals surface area (Å²) in [5.74, 6) is 0. The van der Waals surface area contributed by atoms with Crippen LogP contribution in [0.4, 0.5) is 0 Å². The van der Waals surface area contributed by atoms with E-state index in [1.54, 1.807) is 6.08 Å². The minimum absolute atomic E-state index is 0.806. The van der Waals surface area contributed by atoms with Crippen molar-refractivity contribution in [3.05, 3.63) is 64.7 Å². The van der Waals surface area contributed by atoms with Gasteiger partial charge in [-0.3, -0.25) is 0 Å². The van der Waals surface area contributed by atoms with E-state index in [9.17, 15) is 10.2 Å². The zero-order chi connectivity index (χ0) is 15.4. The van der Waals surface area contributed by atoms with Crippen LogP contribution in [0.25, 0.3) is 27.6 Å².